The Hall–Kier alpha value is -4.62. The number of H-pyrrole nitrogens is 2. The zero-order valence-electron chi connectivity index (χ0n) is 26.5. The van der Waals surface area contributed by atoms with E-state index >= 15 is 0 Å². The second-order valence-electron chi connectivity index (χ2n) is 11.7. The molecule has 0 aliphatic carbocycles. The molecular formula is C33H41N5O8. The molecule has 0 amide bonds. The number of hydrogen-bond donors (Lipinski definition) is 6. The molecule has 0 spiro atoms. The molecule has 2 aliphatic rings. The van der Waals surface area contributed by atoms with Gasteiger partial charge in [-0.2, -0.15) is 0 Å². The molecule has 13 nitrogen and oxygen atoms in total. The van der Waals surface area contributed by atoms with Crippen molar-refractivity contribution >= 4 is 17.6 Å². The van der Waals surface area contributed by atoms with Crippen molar-refractivity contribution in [2.45, 2.75) is 57.5 Å². The third kappa shape index (κ3) is 6.12. The summed E-state index contributed by atoms with van der Waals surface area (Å²) in [5.74, 6) is -4.47. The van der Waals surface area contributed by atoms with Gasteiger partial charge in [0.2, 0.25) is 0 Å². The Balaban J connectivity index is 1.84. The monoisotopic (exact) mass is 635 g/mol. The number of aromatic amines is 2. The number of esters is 2. The van der Waals surface area contributed by atoms with Crippen molar-refractivity contribution in [2.75, 3.05) is 45.3 Å². The van der Waals surface area contributed by atoms with E-state index in [1.165, 1.54) is 0 Å². The van der Waals surface area contributed by atoms with Gasteiger partial charge in [0, 0.05) is 31.9 Å². The van der Waals surface area contributed by atoms with Crippen LogP contribution in [0.15, 0.2) is 33.9 Å². The van der Waals surface area contributed by atoms with Crippen LogP contribution in [0, 0.1) is 0 Å². The van der Waals surface area contributed by atoms with Crippen LogP contribution >= 0.6 is 0 Å². The summed E-state index contributed by atoms with van der Waals surface area (Å²) in [6.45, 7) is 4.58. The molecule has 0 radical (unpaired) electrons. The highest BCUT2D eigenvalue weighted by atomic mass is 16.5. The number of anilines is 1. The molecule has 5 rings (SSSR count). The average molecular weight is 636 g/mol. The molecule has 246 valence electrons. The lowest BCUT2D eigenvalue weighted by Gasteiger charge is -2.25. The Morgan fingerprint density at radius 2 is 1.24 bits per heavy atom. The van der Waals surface area contributed by atoms with Gasteiger partial charge in [-0.3, -0.25) is 9.59 Å². The molecule has 2 unspecified atom stereocenters. The van der Waals surface area contributed by atoms with Crippen LogP contribution in [0.1, 0.15) is 106 Å². The Morgan fingerprint density at radius 1 is 0.804 bits per heavy atom. The van der Waals surface area contributed by atoms with Gasteiger partial charge in [0.15, 0.2) is 0 Å². The molecule has 0 saturated carbocycles. The average Bonchev–Trinajstić information content (AvgIpc) is 3.75. The Labute approximate surface area is 265 Å². The summed E-state index contributed by atoms with van der Waals surface area (Å²) >= 11 is 0. The number of carbonyl (C=O) groups excluding carboxylic acids is 2. The fraction of sp³-hybridized carbons (Fsp3) is 0.455. The van der Waals surface area contributed by atoms with Crippen LogP contribution in [0.3, 0.4) is 0 Å². The number of nitrogens with zero attached hydrogens (tertiary/aromatic N) is 1. The minimum atomic E-state index is -1.42. The fourth-order valence-electron chi connectivity index (χ4n) is 6.43. The van der Waals surface area contributed by atoms with Crippen molar-refractivity contribution in [3.63, 3.8) is 0 Å². The van der Waals surface area contributed by atoms with Crippen molar-refractivity contribution in [3.8, 4) is 11.5 Å². The predicted molar refractivity (Wildman–Crippen MR) is 171 cm³/mol. The standard InChI is InChI=1S/C33H41N5O8/c1-5-45-32(43)24-26(19-9-7-15-34-19)36-30(41)22(28(24)39)21(17-11-13-18(14-12-17)38(3)4)23-29(40)25(33(44)46-6-2)27(37-31(23)42)20-10-8-16-35-20/h11-14,19-21,34-35H,5-10,15-16H2,1-4H3,(H2,36,39,41)(H2,37,40,42). The van der Waals surface area contributed by atoms with E-state index in [1.54, 1.807) is 38.1 Å². The Bertz CT molecular complexity index is 1620. The van der Waals surface area contributed by atoms with E-state index in [0.717, 1.165) is 18.5 Å². The molecule has 2 aliphatic heterocycles. The zero-order valence-corrected chi connectivity index (χ0v) is 26.5. The topological polar surface area (TPSA) is 186 Å². The first-order valence-electron chi connectivity index (χ1n) is 15.6. The fourth-order valence-corrected chi connectivity index (χ4v) is 6.43. The van der Waals surface area contributed by atoms with Crippen LogP contribution < -0.4 is 26.7 Å². The van der Waals surface area contributed by atoms with E-state index in [9.17, 15) is 29.4 Å². The van der Waals surface area contributed by atoms with Gasteiger partial charge in [0.25, 0.3) is 11.1 Å². The first-order valence-corrected chi connectivity index (χ1v) is 15.6. The minimum absolute atomic E-state index is 0.0136. The number of rotatable bonds is 10. The SMILES string of the molecule is CCOC(=O)c1c(C2CCCN2)[nH]c(=O)c(C(c2ccc(N(C)C)cc2)c2c(O)c(C(=O)OCC)c(C3CCCN3)[nH]c2=O)c1O. The molecule has 13 heteroatoms. The van der Waals surface area contributed by atoms with Crippen LogP contribution in [-0.2, 0) is 9.47 Å². The number of benzene rings is 1. The number of ether oxygens (including phenoxy) is 2. The van der Waals surface area contributed by atoms with Gasteiger partial charge < -0.3 is 45.2 Å². The molecule has 46 heavy (non-hydrogen) atoms. The summed E-state index contributed by atoms with van der Waals surface area (Å²) in [7, 11) is 3.70. The molecule has 2 fully saturated rings. The van der Waals surface area contributed by atoms with Gasteiger partial charge in [0.05, 0.1) is 41.6 Å². The van der Waals surface area contributed by atoms with Crippen molar-refractivity contribution < 1.29 is 29.3 Å². The maximum Gasteiger partial charge on any atom is 0.343 e. The Kier molecular flexibility index (Phi) is 9.82. The van der Waals surface area contributed by atoms with Crippen LogP contribution in [0.25, 0.3) is 0 Å². The molecule has 2 atom stereocenters. The van der Waals surface area contributed by atoms with Gasteiger partial charge in [-0.1, -0.05) is 12.1 Å². The van der Waals surface area contributed by atoms with Gasteiger partial charge in [-0.15, -0.1) is 0 Å². The number of nitrogens with one attached hydrogen (secondary N) is 4. The van der Waals surface area contributed by atoms with Crippen LogP contribution in [0.4, 0.5) is 5.69 Å². The quantitative estimate of drug-likeness (QED) is 0.180. The predicted octanol–water partition coefficient (Wildman–Crippen LogP) is 2.92. The maximum atomic E-state index is 14.0. The van der Waals surface area contributed by atoms with E-state index in [0.29, 0.717) is 31.5 Å². The minimum Gasteiger partial charge on any atom is -0.506 e. The number of carbonyl (C=O) groups is 2. The van der Waals surface area contributed by atoms with E-state index in [1.807, 2.05) is 19.0 Å². The highest BCUT2D eigenvalue weighted by molar-refractivity contribution is 5.95. The number of aromatic hydroxyl groups is 2. The van der Waals surface area contributed by atoms with Crippen LogP contribution in [0.5, 0.6) is 11.5 Å². The molecule has 2 saturated heterocycles. The Morgan fingerprint density at radius 3 is 1.59 bits per heavy atom. The smallest absolute Gasteiger partial charge is 0.343 e. The maximum absolute atomic E-state index is 14.0. The van der Waals surface area contributed by atoms with Crippen molar-refractivity contribution in [1.29, 1.82) is 0 Å². The molecule has 4 heterocycles. The van der Waals surface area contributed by atoms with Gasteiger partial charge in [-0.05, 0) is 70.3 Å². The summed E-state index contributed by atoms with van der Waals surface area (Å²) in [5, 5.41) is 30.2. The molecule has 3 aromatic rings. The second-order valence-corrected chi connectivity index (χ2v) is 11.7. The highest BCUT2D eigenvalue weighted by Gasteiger charge is 2.38. The third-order valence-corrected chi connectivity index (χ3v) is 8.61. The molecule has 0 bridgehead atoms. The summed E-state index contributed by atoms with van der Waals surface area (Å²) in [5.41, 5.74) is -1.22. The van der Waals surface area contributed by atoms with Crippen molar-refractivity contribution in [3.05, 3.63) is 84.2 Å². The van der Waals surface area contributed by atoms with Crippen molar-refractivity contribution in [1.82, 2.24) is 20.6 Å². The molecule has 6 N–H and O–H groups in total. The normalized spacial score (nSPS) is 18.3. The van der Waals surface area contributed by atoms with E-state index in [-0.39, 0.29) is 46.9 Å². The van der Waals surface area contributed by atoms with Gasteiger partial charge in [-0.25, -0.2) is 9.59 Å². The summed E-state index contributed by atoms with van der Waals surface area (Å²) < 4.78 is 10.6. The van der Waals surface area contributed by atoms with Gasteiger partial charge in [0.1, 0.15) is 22.6 Å². The summed E-state index contributed by atoms with van der Waals surface area (Å²) in [6.07, 6.45) is 2.80. The molecule has 1 aromatic carbocycles. The zero-order chi connectivity index (χ0) is 33.1. The lowest BCUT2D eigenvalue weighted by atomic mass is 9.82. The van der Waals surface area contributed by atoms with Crippen LogP contribution in [-0.4, -0.2) is 72.5 Å². The molecule has 2 aromatic heterocycles. The first kappa shape index (κ1) is 32.8. The lowest BCUT2D eigenvalue weighted by molar-refractivity contribution is 0.0510. The van der Waals surface area contributed by atoms with Crippen molar-refractivity contribution in [2.24, 2.45) is 0 Å². The number of aromatic nitrogens is 2. The summed E-state index contributed by atoms with van der Waals surface area (Å²) in [4.78, 5) is 62.2. The van der Waals surface area contributed by atoms with E-state index in [2.05, 4.69) is 20.6 Å². The third-order valence-electron chi connectivity index (χ3n) is 8.61. The highest BCUT2D eigenvalue weighted by Crippen LogP contribution is 2.43. The first-order chi connectivity index (χ1) is 22.1. The second kappa shape index (κ2) is 13.8. The number of hydrogen-bond acceptors (Lipinski definition) is 11. The summed E-state index contributed by atoms with van der Waals surface area (Å²) in [6, 6.07) is 5.98. The van der Waals surface area contributed by atoms with Crippen LogP contribution in [0.2, 0.25) is 0 Å². The lowest BCUT2D eigenvalue weighted by Crippen LogP contribution is -2.31. The largest absolute Gasteiger partial charge is 0.506 e. The molecular weight excluding hydrogens is 594 g/mol. The van der Waals surface area contributed by atoms with E-state index in [4.69, 9.17) is 9.47 Å². The number of pyridine rings is 2. The van der Waals surface area contributed by atoms with Gasteiger partial charge >= 0.3 is 11.9 Å². The van der Waals surface area contributed by atoms with E-state index < -0.39 is 52.6 Å².